The van der Waals surface area contributed by atoms with Crippen molar-refractivity contribution in [3.63, 3.8) is 0 Å². The van der Waals surface area contributed by atoms with Crippen molar-refractivity contribution in [2.75, 3.05) is 20.6 Å². The number of aliphatic imine (C=N–C) groups is 1. The summed E-state index contributed by atoms with van der Waals surface area (Å²) in [6.07, 6.45) is -1.29. The van der Waals surface area contributed by atoms with Crippen molar-refractivity contribution in [3.05, 3.63) is 29.3 Å². The summed E-state index contributed by atoms with van der Waals surface area (Å²) in [6, 6.07) is 4.84. The summed E-state index contributed by atoms with van der Waals surface area (Å²) in [6.45, 7) is -0.0625. The zero-order valence-corrected chi connectivity index (χ0v) is 16.5. The average Bonchev–Trinajstić information content (AvgIpc) is 3.09. The number of β-amino-alcohol motifs (C(OH)–C–C–N with tert-alkyl or cyclic N) is 1. The minimum absolute atomic E-state index is 0.0625. The molecule has 0 saturated carbocycles. The van der Waals surface area contributed by atoms with Crippen LogP contribution in [-0.2, 0) is 9.59 Å². The molecule has 0 radical (unpaired) electrons. The van der Waals surface area contributed by atoms with E-state index in [1.54, 1.807) is 12.1 Å². The van der Waals surface area contributed by atoms with Crippen molar-refractivity contribution in [2.45, 2.75) is 24.7 Å². The number of carbonyl (C=O) groups excluding carboxylic acids is 2. The molecule has 1 aromatic rings. The highest BCUT2D eigenvalue weighted by molar-refractivity contribution is 6.30. The fraction of sp³-hybridized carbons (Fsp3) is 0.389. The molecule has 2 N–H and O–H groups in total. The van der Waals surface area contributed by atoms with Gasteiger partial charge in [0.05, 0.1) is 6.10 Å². The number of nitrogens with zero attached hydrogens (tertiary/aromatic N) is 4. The van der Waals surface area contributed by atoms with Crippen molar-refractivity contribution < 1.29 is 33.9 Å². The maximum absolute atomic E-state index is 12.5. The Balaban J connectivity index is 1.65. The van der Waals surface area contributed by atoms with Crippen LogP contribution in [0.25, 0.3) is 0 Å². The predicted molar refractivity (Wildman–Crippen MR) is 102 cm³/mol. The number of amidine groups is 1. The van der Waals surface area contributed by atoms with E-state index in [4.69, 9.17) is 16.3 Å². The molecule has 0 aliphatic carbocycles. The van der Waals surface area contributed by atoms with Gasteiger partial charge in [-0.2, -0.15) is 0 Å². The molecule has 1 aromatic carbocycles. The minimum Gasteiger partial charge on any atom is -0.479 e. The molecule has 3 rings (SSSR count). The molecule has 0 spiro atoms. The normalized spacial score (nSPS) is 20.8. The van der Waals surface area contributed by atoms with E-state index in [-0.39, 0.29) is 18.8 Å². The predicted octanol–water partition coefficient (Wildman–Crippen LogP) is 0.268. The molecule has 3 unspecified atom stereocenters. The summed E-state index contributed by atoms with van der Waals surface area (Å²) in [5.74, 6) is -1.14. The Morgan fingerprint density at radius 2 is 1.93 bits per heavy atom. The number of fused-ring (bicyclic) bond motifs is 1. The van der Waals surface area contributed by atoms with Gasteiger partial charge in [0.1, 0.15) is 12.3 Å². The van der Waals surface area contributed by atoms with Crippen LogP contribution in [0.15, 0.2) is 29.3 Å². The number of hydrogen-bond donors (Lipinski definition) is 2. The van der Waals surface area contributed by atoms with Crippen LogP contribution in [0.5, 0.6) is 5.75 Å². The number of imide groups is 1. The molecule has 11 heteroatoms. The van der Waals surface area contributed by atoms with Gasteiger partial charge >= 0.3 is 12.0 Å². The Morgan fingerprint density at radius 3 is 2.55 bits per heavy atom. The monoisotopic (exact) mass is 423 g/mol. The second kappa shape index (κ2) is 8.18. The number of carboxylic acid groups (broad SMARTS) is 1. The van der Waals surface area contributed by atoms with Crippen molar-refractivity contribution in [3.8, 4) is 5.75 Å². The lowest BCUT2D eigenvalue weighted by atomic mass is 10.1. The molecule has 29 heavy (non-hydrogen) atoms. The van der Waals surface area contributed by atoms with Gasteiger partial charge in [-0.25, -0.2) is 14.2 Å². The molecule has 10 nitrogen and oxygen atoms in total. The van der Waals surface area contributed by atoms with E-state index in [1.807, 2.05) is 0 Å². The highest BCUT2D eigenvalue weighted by Gasteiger charge is 2.50. The topological polar surface area (TPSA) is 123 Å². The van der Waals surface area contributed by atoms with Gasteiger partial charge in [0, 0.05) is 25.5 Å². The largest absolute Gasteiger partial charge is 0.479 e. The van der Waals surface area contributed by atoms with Crippen LogP contribution >= 0.6 is 11.6 Å². The summed E-state index contributed by atoms with van der Waals surface area (Å²) in [7, 11) is 2.87. The van der Waals surface area contributed by atoms with Gasteiger partial charge in [-0.15, -0.1) is 0 Å². The second-order valence-corrected chi connectivity index (χ2v) is 7.17. The number of aliphatic carboxylic acids is 1. The third kappa shape index (κ3) is 4.22. The number of rotatable bonds is 7. The number of likely N-dealkylation sites (N-methyl/N-ethyl adjacent to an activating group) is 2. The number of aliphatic hydroxyl groups is 1. The highest BCUT2D eigenvalue weighted by atomic mass is 35.5. The number of carbonyl (C=O) groups is 3. The first-order valence-corrected chi connectivity index (χ1v) is 9.12. The first kappa shape index (κ1) is 20.7. The van der Waals surface area contributed by atoms with Crippen molar-refractivity contribution in [1.29, 1.82) is 0 Å². The Bertz CT molecular complexity index is 900. The van der Waals surface area contributed by atoms with E-state index in [2.05, 4.69) is 4.99 Å². The fourth-order valence-corrected chi connectivity index (χ4v) is 3.26. The molecule has 1 saturated heterocycles. The summed E-state index contributed by atoms with van der Waals surface area (Å²) in [5.41, 5.74) is 0. The van der Waals surface area contributed by atoms with E-state index < -0.39 is 36.2 Å². The maximum atomic E-state index is 12.5. The van der Waals surface area contributed by atoms with Crippen LogP contribution in [0.3, 0.4) is 0 Å². The van der Waals surface area contributed by atoms with E-state index >= 15 is 0 Å². The summed E-state index contributed by atoms with van der Waals surface area (Å²) < 4.78 is 6.91. The number of carboxylic acids is 1. The molecule has 2 heterocycles. The number of aliphatic hydroxyl groups excluding tert-OH is 1. The first-order chi connectivity index (χ1) is 13.7. The zero-order chi connectivity index (χ0) is 21.3. The molecule has 3 atom stereocenters. The lowest BCUT2D eigenvalue weighted by Crippen LogP contribution is -2.61. The standard InChI is InChI=1S/C18H19ClN4O6/c1-21-15-14(16(25)22(2)18(21)28)23(9-20-15)8-11(24)7-13(17(26)27)29-12-5-3-10(19)4-6-12/h3-6,9,11,13-14,24H,7-8H2,1-2H3/p+1. The minimum atomic E-state index is -1.30. The number of benzene rings is 1. The van der Waals surface area contributed by atoms with Gasteiger partial charge in [-0.1, -0.05) is 11.6 Å². The Labute approximate surface area is 171 Å². The molecule has 2 aliphatic heterocycles. The van der Waals surface area contributed by atoms with E-state index in [9.17, 15) is 24.6 Å². The van der Waals surface area contributed by atoms with Gasteiger partial charge in [-0.3, -0.25) is 14.6 Å². The van der Waals surface area contributed by atoms with E-state index in [1.165, 1.54) is 42.0 Å². The van der Waals surface area contributed by atoms with Gasteiger partial charge in [0.2, 0.25) is 0 Å². The van der Waals surface area contributed by atoms with Crippen LogP contribution in [-0.4, -0.2) is 93.6 Å². The van der Waals surface area contributed by atoms with Gasteiger partial charge in [0.25, 0.3) is 24.1 Å². The third-order valence-corrected chi connectivity index (χ3v) is 4.92. The Hall–Kier alpha value is -2.98. The molecular weight excluding hydrogens is 404 g/mol. The summed E-state index contributed by atoms with van der Waals surface area (Å²) >= 11 is 5.80. The van der Waals surface area contributed by atoms with Gasteiger partial charge in [-0.05, 0) is 29.3 Å². The van der Waals surface area contributed by atoms with Crippen LogP contribution in [0, 0.1) is 0 Å². The number of amides is 3. The molecule has 0 aromatic heterocycles. The van der Waals surface area contributed by atoms with Crippen molar-refractivity contribution in [1.82, 2.24) is 9.80 Å². The first-order valence-electron chi connectivity index (χ1n) is 8.74. The van der Waals surface area contributed by atoms with Crippen molar-refractivity contribution in [2.24, 2.45) is 4.99 Å². The molecular formula is C18H20ClN4O6+. The smallest absolute Gasteiger partial charge is 0.345 e. The number of ether oxygens (including phenoxy) is 1. The zero-order valence-electron chi connectivity index (χ0n) is 15.7. The summed E-state index contributed by atoms with van der Waals surface area (Å²) in [4.78, 5) is 42.4. The molecule has 2 aliphatic rings. The molecule has 154 valence electrons. The quantitative estimate of drug-likeness (QED) is 0.607. The second-order valence-electron chi connectivity index (χ2n) is 6.73. The van der Waals surface area contributed by atoms with E-state index in [0.717, 1.165) is 4.90 Å². The molecule has 3 amide bonds. The van der Waals surface area contributed by atoms with Crippen molar-refractivity contribution >= 4 is 41.7 Å². The van der Waals surface area contributed by atoms with Crippen LogP contribution in [0.4, 0.5) is 4.79 Å². The molecule has 1 fully saturated rings. The third-order valence-electron chi connectivity index (χ3n) is 4.67. The fourth-order valence-electron chi connectivity index (χ4n) is 3.14. The lowest BCUT2D eigenvalue weighted by molar-refractivity contribution is -0.539. The van der Waals surface area contributed by atoms with Gasteiger partial charge < -0.3 is 14.9 Å². The Morgan fingerprint density at radius 1 is 1.28 bits per heavy atom. The lowest BCUT2D eigenvalue weighted by Gasteiger charge is -2.31. The maximum Gasteiger partial charge on any atom is 0.345 e. The van der Waals surface area contributed by atoms with Crippen LogP contribution in [0.2, 0.25) is 5.02 Å². The van der Waals surface area contributed by atoms with Crippen LogP contribution in [0.1, 0.15) is 6.42 Å². The summed E-state index contributed by atoms with van der Waals surface area (Å²) in [5, 5.41) is 20.3. The van der Waals surface area contributed by atoms with E-state index in [0.29, 0.717) is 10.8 Å². The Kier molecular flexibility index (Phi) is 5.85. The molecule has 0 bridgehead atoms. The number of urea groups is 1. The van der Waals surface area contributed by atoms with Gasteiger partial charge in [0.15, 0.2) is 6.10 Å². The SMILES string of the molecule is CN1C(=O)C2C(=NC=[N+]2CC(O)CC(Oc2ccc(Cl)cc2)C(=O)O)N(C)C1=O. The highest BCUT2D eigenvalue weighted by Crippen LogP contribution is 2.20. The number of halogens is 1. The van der Waals surface area contributed by atoms with Crippen LogP contribution < -0.4 is 4.74 Å². The average molecular weight is 424 g/mol. The number of hydrogen-bond acceptors (Lipinski definition) is 6.